The van der Waals surface area contributed by atoms with E-state index in [-0.39, 0.29) is 36.5 Å². The second kappa shape index (κ2) is 8.83. The molecule has 2 aromatic carbocycles. The molecule has 0 aliphatic heterocycles. The average molecular weight is 375 g/mol. The Bertz CT molecular complexity index is 834. The number of carbonyl (C=O) groups is 1. The molecule has 0 aromatic heterocycles. The fourth-order valence-corrected chi connectivity index (χ4v) is 3.23. The fraction of sp³-hybridized carbons (Fsp3) is 0.118. The van der Waals surface area contributed by atoms with Gasteiger partial charge in [0.05, 0.1) is 5.56 Å². The molecule has 0 spiro atoms. The predicted octanol–water partition coefficient (Wildman–Crippen LogP) is 0.954. The second-order valence-corrected chi connectivity index (χ2v) is 7.69. The van der Waals surface area contributed by atoms with Gasteiger partial charge < -0.3 is 6.53 Å². The van der Waals surface area contributed by atoms with E-state index in [1.807, 2.05) is 0 Å². The van der Waals surface area contributed by atoms with Gasteiger partial charge in [0.1, 0.15) is 5.25 Å². The quantitative estimate of drug-likeness (QED) is 0.791. The Morgan fingerprint density at radius 1 is 1.12 bits per heavy atom. The van der Waals surface area contributed by atoms with Gasteiger partial charge in [-0.05, 0) is 35.4 Å². The number of benzene rings is 2. The van der Waals surface area contributed by atoms with E-state index in [9.17, 15) is 13.2 Å². The third kappa shape index (κ3) is 5.76. The van der Waals surface area contributed by atoms with Gasteiger partial charge in [-0.1, -0.05) is 48.0 Å². The van der Waals surface area contributed by atoms with Gasteiger partial charge in [-0.3, -0.25) is 0 Å². The molecule has 1 N–H and O–H groups in total. The van der Waals surface area contributed by atoms with Gasteiger partial charge in [0.2, 0.25) is 0 Å². The van der Waals surface area contributed by atoms with Crippen LogP contribution in [0.3, 0.4) is 0 Å². The van der Waals surface area contributed by atoms with Crippen molar-refractivity contribution < 1.29 is 49.3 Å². The van der Waals surface area contributed by atoms with Crippen LogP contribution < -0.4 is 29.6 Å². The molecule has 4 nitrogen and oxygen atoms in total. The number of sulfone groups is 1. The minimum atomic E-state index is -3.35. The van der Waals surface area contributed by atoms with Crippen LogP contribution >= 0.6 is 11.6 Å². The number of halogens is 1. The monoisotopic (exact) mass is 374 g/mol. The molecule has 122 valence electrons. The molecule has 0 saturated carbocycles. The summed E-state index contributed by atoms with van der Waals surface area (Å²) in [6.07, 6.45) is 4.41. The number of hydrogen-bond donors (Lipinski definition) is 1. The fourth-order valence-electron chi connectivity index (χ4n) is 2.09. The zero-order valence-corrected chi connectivity index (χ0v) is 16.9. The van der Waals surface area contributed by atoms with E-state index in [4.69, 9.17) is 16.7 Å². The van der Waals surface area contributed by atoms with Crippen molar-refractivity contribution in [3.05, 3.63) is 76.3 Å². The first kappa shape index (κ1) is 20.9. The normalized spacial score (nSPS) is 12.6. The maximum Gasteiger partial charge on any atom is 1.00 e. The smallest absolute Gasteiger partial charge is 1.00 e. The maximum absolute atomic E-state index is 12.0. The molecule has 1 atom stereocenters. The van der Waals surface area contributed by atoms with Crippen LogP contribution in [0.5, 0.6) is 0 Å². The largest absolute Gasteiger partial charge is 1.00 e. The minimum Gasteiger partial charge on any atom is -1.00 e. The number of rotatable bonds is 5. The summed E-state index contributed by atoms with van der Waals surface area (Å²) in [7, 11) is -3.35. The molecule has 7 heteroatoms. The van der Waals surface area contributed by atoms with Crippen LogP contribution in [0.4, 0.5) is 0 Å². The SMILES string of the molecule is CS(=O)(=O)C(C=Cc1ccc(C(=O)O)cc1)c1ccc(Cl)cc1.[H-].[Na+]. The van der Waals surface area contributed by atoms with E-state index in [2.05, 4.69) is 0 Å². The Labute approximate surface area is 169 Å². The van der Waals surface area contributed by atoms with Crippen molar-refractivity contribution in [1.82, 2.24) is 0 Å². The summed E-state index contributed by atoms with van der Waals surface area (Å²) < 4.78 is 24.0. The summed E-state index contributed by atoms with van der Waals surface area (Å²) >= 11 is 5.83. The standard InChI is InChI=1S/C17H15ClO4S.Na.H/c1-23(21,22)16(13-7-9-15(18)10-8-13)11-4-12-2-5-14(6-3-12)17(19)20;;/h2-11,16H,1H3,(H,19,20);;/q;+1;-1. The van der Waals surface area contributed by atoms with Crippen LogP contribution in [0.2, 0.25) is 5.02 Å². The van der Waals surface area contributed by atoms with Gasteiger partial charge in [-0.2, -0.15) is 0 Å². The first-order valence-corrected chi connectivity index (χ1v) is 9.06. The van der Waals surface area contributed by atoms with E-state index in [0.29, 0.717) is 10.6 Å². The van der Waals surface area contributed by atoms with Crippen molar-refractivity contribution in [2.75, 3.05) is 6.26 Å². The van der Waals surface area contributed by atoms with E-state index >= 15 is 0 Å². The zero-order valence-electron chi connectivity index (χ0n) is 14.3. The summed E-state index contributed by atoms with van der Waals surface area (Å²) in [5, 5.41) is 8.61. The maximum atomic E-state index is 12.0. The molecule has 0 heterocycles. The molecule has 2 aromatic rings. The molecule has 0 saturated heterocycles. The first-order chi connectivity index (χ1) is 10.8. The molecule has 0 aliphatic rings. The van der Waals surface area contributed by atoms with Crippen molar-refractivity contribution in [3.63, 3.8) is 0 Å². The Hall–Kier alpha value is -1.11. The third-order valence-electron chi connectivity index (χ3n) is 3.28. The minimum absolute atomic E-state index is 0. The van der Waals surface area contributed by atoms with Crippen molar-refractivity contribution in [2.24, 2.45) is 0 Å². The third-order valence-corrected chi connectivity index (χ3v) is 4.88. The van der Waals surface area contributed by atoms with Crippen LogP contribution in [-0.4, -0.2) is 25.7 Å². The van der Waals surface area contributed by atoms with Gasteiger partial charge in [0.15, 0.2) is 9.84 Å². The summed E-state index contributed by atoms with van der Waals surface area (Å²) in [6, 6.07) is 12.8. The molecule has 0 bridgehead atoms. The summed E-state index contributed by atoms with van der Waals surface area (Å²) in [4.78, 5) is 10.8. The summed E-state index contributed by atoms with van der Waals surface area (Å²) in [5.74, 6) is -1.00. The van der Waals surface area contributed by atoms with Crippen LogP contribution in [0.15, 0.2) is 54.6 Å². The summed E-state index contributed by atoms with van der Waals surface area (Å²) in [6.45, 7) is 0. The first-order valence-electron chi connectivity index (χ1n) is 6.73. The van der Waals surface area contributed by atoms with Crippen molar-refractivity contribution in [1.29, 1.82) is 0 Å². The number of carboxylic acids is 1. The van der Waals surface area contributed by atoms with E-state index in [0.717, 1.165) is 5.56 Å². The molecule has 0 amide bonds. The Kier molecular flexibility index (Phi) is 7.70. The van der Waals surface area contributed by atoms with Gasteiger partial charge in [0.25, 0.3) is 0 Å². The van der Waals surface area contributed by atoms with E-state index in [1.54, 1.807) is 48.6 Å². The molecule has 0 fully saturated rings. The topological polar surface area (TPSA) is 71.4 Å². The molecule has 0 aliphatic carbocycles. The van der Waals surface area contributed by atoms with Gasteiger partial charge in [-0.25, -0.2) is 13.2 Å². The molecule has 0 radical (unpaired) electrons. The molecular formula is C17H16ClNaO4S. The van der Waals surface area contributed by atoms with Crippen molar-refractivity contribution in [3.8, 4) is 0 Å². The van der Waals surface area contributed by atoms with Crippen LogP contribution in [0, 0.1) is 0 Å². The molecule has 1 unspecified atom stereocenters. The Morgan fingerprint density at radius 2 is 1.67 bits per heavy atom. The van der Waals surface area contributed by atoms with E-state index < -0.39 is 21.1 Å². The van der Waals surface area contributed by atoms with Crippen molar-refractivity contribution >= 4 is 33.5 Å². The number of hydrogen-bond acceptors (Lipinski definition) is 3. The Balaban J connectivity index is 0.00000288. The predicted molar refractivity (Wildman–Crippen MR) is 92.6 cm³/mol. The second-order valence-electron chi connectivity index (χ2n) is 5.09. The zero-order chi connectivity index (χ0) is 17.0. The van der Waals surface area contributed by atoms with Crippen molar-refractivity contribution in [2.45, 2.75) is 5.25 Å². The van der Waals surface area contributed by atoms with Crippen LogP contribution in [-0.2, 0) is 9.84 Å². The molecule has 24 heavy (non-hydrogen) atoms. The number of carboxylic acid groups (broad SMARTS) is 1. The van der Waals surface area contributed by atoms with Gasteiger partial charge >= 0.3 is 35.5 Å². The van der Waals surface area contributed by atoms with Gasteiger partial charge in [0, 0.05) is 11.3 Å². The molecular weight excluding hydrogens is 359 g/mol. The average Bonchev–Trinajstić information content (AvgIpc) is 2.48. The van der Waals surface area contributed by atoms with Gasteiger partial charge in [-0.15, -0.1) is 0 Å². The van der Waals surface area contributed by atoms with E-state index in [1.165, 1.54) is 18.4 Å². The van der Waals surface area contributed by atoms with Crippen LogP contribution in [0.25, 0.3) is 6.08 Å². The summed E-state index contributed by atoms with van der Waals surface area (Å²) in [5.41, 5.74) is 1.52. The molecule has 2 rings (SSSR count). The number of aromatic carboxylic acids is 1. The van der Waals surface area contributed by atoms with Crippen LogP contribution in [0.1, 0.15) is 28.2 Å². The Morgan fingerprint density at radius 3 is 2.12 bits per heavy atom.